The van der Waals surface area contributed by atoms with Crippen LogP contribution in [0.4, 0.5) is 5.69 Å². The molecule has 2 aromatic rings. The second-order valence-electron chi connectivity index (χ2n) is 6.20. The third kappa shape index (κ3) is 2.73. The lowest BCUT2D eigenvalue weighted by Gasteiger charge is -2.28. The highest BCUT2D eigenvalue weighted by Crippen LogP contribution is 2.26. The van der Waals surface area contributed by atoms with Gasteiger partial charge in [0, 0.05) is 36.9 Å². The summed E-state index contributed by atoms with van der Waals surface area (Å²) < 4.78 is 5.42. The molecule has 5 heteroatoms. The first-order valence-corrected chi connectivity index (χ1v) is 8.25. The molecule has 2 aliphatic rings. The zero-order valence-corrected chi connectivity index (χ0v) is 12.8. The van der Waals surface area contributed by atoms with Crippen LogP contribution in [0.2, 0.25) is 0 Å². The molecule has 0 saturated carbocycles. The lowest BCUT2D eigenvalue weighted by molar-refractivity contribution is 0.193. The number of anilines is 1. The Morgan fingerprint density at radius 3 is 2.64 bits per heavy atom. The summed E-state index contributed by atoms with van der Waals surface area (Å²) in [4.78, 5) is 7.11. The van der Waals surface area contributed by atoms with E-state index >= 15 is 0 Å². The summed E-state index contributed by atoms with van der Waals surface area (Å²) in [5.74, 6) is 2.11. The van der Waals surface area contributed by atoms with Crippen LogP contribution in [-0.2, 0) is 4.74 Å². The molecule has 1 aromatic carbocycles. The van der Waals surface area contributed by atoms with Gasteiger partial charge in [-0.2, -0.15) is 5.10 Å². The fourth-order valence-electron chi connectivity index (χ4n) is 3.31. The second kappa shape index (κ2) is 6.08. The van der Waals surface area contributed by atoms with Gasteiger partial charge in [0.2, 0.25) is 0 Å². The Morgan fingerprint density at radius 1 is 1.09 bits per heavy atom. The van der Waals surface area contributed by atoms with Crippen molar-refractivity contribution in [1.82, 2.24) is 15.2 Å². The third-order valence-corrected chi connectivity index (χ3v) is 4.67. The molecule has 0 unspecified atom stereocenters. The van der Waals surface area contributed by atoms with Gasteiger partial charge in [-0.3, -0.25) is 5.10 Å². The first-order chi connectivity index (χ1) is 10.9. The molecule has 5 nitrogen and oxygen atoms in total. The number of H-pyrrole nitrogens is 1. The number of hydrogen-bond donors (Lipinski definition) is 1. The first-order valence-electron chi connectivity index (χ1n) is 8.25. The van der Waals surface area contributed by atoms with E-state index in [1.165, 1.54) is 38.0 Å². The van der Waals surface area contributed by atoms with Crippen molar-refractivity contribution in [1.29, 1.82) is 0 Å². The molecule has 0 amide bonds. The molecule has 0 aliphatic carbocycles. The topological polar surface area (TPSA) is 54.0 Å². The van der Waals surface area contributed by atoms with Crippen molar-refractivity contribution < 1.29 is 4.74 Å². The van der Waals surface area contributed by atoms with Gasteiger partial charge in [0.15, 0.2) is 5.82 Å². The smallest absolute Gasteiger partial charge is 0.181 e. The molecule has 2 aliphatic heterocycles. The molecule has 1 N–H and O–H groups in total. The van der Waals surface area contributed by atoms with Gasteiger partial charge in [0.1, 0.15) is 5.82 Å². The number of nitrogens with one attached hydrogen (secondary N) is 1. The highest BCUT2D eigenvalue weighted by atomic mass is 16.5. The van der Waals surface area contributed by atoms with Crippen molar-refractivity contribution in [3.63, 3.8) is 0 Å². The lowest BCUT2D eigenvalue weighted by Crippen LogP contribution is -2.29. The van der Waals surface area contributed by atoms with Crippen LogP contribution in [0.3, 0.4) is 0 Å². The van der Waals surface area contributed by atoms with Crippen LogP contribution in [0.5, 0.6) is 0 Å². The van der Waals surface area contributed by atoms with E-state index in [0.29, 0.717) is 5.92 Å². The molecule has 0 spiro atoms. The molecule has 22 heavy (non-hydrogen) atoms. The third-order valence-electron chi connectivity index (χ3n) is 4.67. The Kier molecular flexibility index (Phi) is 3.81. The summed E-state index contributed by atoms with van der Waals surface area (Å²) in [5.41, 5.74) is 2.38. The minimum atomic E-state index is 0.369. The van der Waals surface area contributed by atoms with Crippen molar-refractivity contribution >= 4 is 5.69 Å². The van der Waals surface area contributed by atoms with E-state index in [0.717, 1.165) is 36.8 Å². The zero-order chi connectivity index (χ0) is 14.8. The van der Waals surface area contributed by atoms with E-state index in [4.69, 9.17) is 4.74 Å². The minimum Gasteiger partial charge on any atom is -0.381 e. The first kappa shape index (κ1) is 13.8. The maximum Gasteiger partial charge on any atom is 0.181 e. The Morgan fingerprint density at radius 2 is 1.91 bits per heavy atom. The van der Waals surface area contributed by atoms with Crippen LogP contribution < -0.4 is 4.90 Å². The number of ether oxygens (including phenoxy) is 1. The quantitative estimate of drug-likeness (QED) is 0.946. The standard InChI is InChI=1S/C17H22N4O/c1-2-9-21(10-3-1)15-6-4-13(5-7-15)16-18-17(20-19-16)14-8-11-22-12-14/h4-7,14H,1-3,8-12H2,(H,18,19,20)/t14-/m1/s1. The van der Waals surface area contributed by atoms with Crippen LogP contribution in [0.15, 0.2) is 24.3 Å². The van der Waals surface area contributed by atoms with Gasteiger partial charge < -0.3 is 9.64 Å². The lowest BCUT2D eigenvalue weighted by atomic mass is 10.1. The molecule has 1 aromatic heterocycles. The number of piperidine rings is 1. The van der Waals surface area contributed by atoms with Crippen molar-refractivity contribution in [2.75, 3.05) is 31.2 Å². The number of aromatic amines is 1. The molecule has 2 saturated heterocycles. The predicted molar refractivity (Wildman–Crippen MR) is 86.1 cm³/mol. The van der Waals surface area contributed by atoms with Gasteiger partial charge in [-0.25, -0.2) is 4.98 Å². The van der Waals surface area contributed by atoms with E-state index < -0.39 is 0 Å². The molecule has 1 atom stereocenters. The van der Waals surface area contributed by atoms with Gasteiger partial charge in [-0.15, -0.1) is 0 Å². The zero-order valence-electron chi connectivity index (χ0n) is 12.8. The summed E-state index contributed by atoms with van der Waals surface area (Å²) in [6, 6.07) is 8.63. The number of benzene rings is 1. The van der Waals surface area contributed by atoms with Crippen LogP contribution in [0, 0.1) is 0 Å². The molecule has 0 radical (unpaired) electrons. The number of nitrogens with zero attached hydrogens (tertiary/aromatic N) is 3. The minimum absolute atomic E-state index is 0.369. The van der Waals surface area contributed by atoms with Crippen LogP contribution in [-0.4, -0.2) is 41.5 Å². The summed E-state index contributed by atoms with van der Waals surface area (Å²) in [5, 5.41) is 7.44. The maximum absolute atomic E-state index is 5.42. The highest BCUT2D eigenvalue weighted by molar-refractivity contribution is 5.60. The van der Waals surface area contributed by atoms with Gasteiger partial charge in [0.05, 0.1) is 6.61 Å². The van der Waals surface area contributed by atoms with Gasteiger partial charge in [-0.05, 0) is 49.9 Å². The fraction of sp³-hybridized carbons (Fsp3) is 0.529. The van der Waals surface area contributed by atoms with Crippen LogP contribution >= 0.6 is 0 Å². The Labute approximate surface area is 130 Å². The molecule has 0 bridgehead atoms. The molecular weight excluding hydrogens is 276 g/mol. The predicted octanol–water partition coefficient (Wildman–Crippen LogP) is 2.97. The monoisotopic (exact) mass is 298 g/mol. The van der Waals surface area contributed by atoms with E-state index in [1.54, 1.807) is 0 Å². The molecule has 4 rings (SSSR count). The largest absolute Gasteiger partial charge is 0.381 e. The maximum atomic E-state index is 5.42. The average molecular weight is 298 g/mol. The molecule has 2 fully saturated rings. The summed E-state index contributed by atoms with van der Waals surface area (Å²) in [7, 11) is 0. The second-order valence-corrected chi connectivity index (χ2v) is 6.20. The van der Waals surface area contributed by atoms with Gasteiger partial charge >= 0.3 is 0 Å². The van der Waals surface area contributed by atoms with Crippen molar-refractivity contribution in [3.8, 4) is 11.4 Å². The summed E-state index contributed by atoms with van der Waals surface area (Å²) in [6.07, 6.45) is 4.99. The van der Waals surface area contributed by atoms with E-state index in [9.17, 15) is 0 Å². The number of rotatable bonds is 3. The SMILES string of the molecule is c1cc(N2CCCCC2)ccc1-c1n[nH]c([C@@H]2CCOC2)n1. The number of hydrogen-bond acceptors (Lipinski definition) is 4. The van der Waals surface area contributed by atoms with E-state index in [1.807, 2.05) is 0 Å². The van der Waals surface area contributed by atoms with Gasteiger partial charge in [0.25, 0.3) is 0 Å². The van der Waals surface area contributed by atoms with Crippen molar-refractivity contribution in [3.05, 3.63) is 30.1 Å². The van der Waals surface area contributed by atoms with E-state index in [2.05, 4.69) is 44.3 Å². The Hall–Kier alpha value is -1.88. The van der Waals surface area contributed by atoms with Crippen molar-refractivity contribution in [2.24, 2.45) is 0 Å². The molecule has 3 heterocycles. The Balaban J connectivity index is 1.50. The number of aromatic nitrogens is 3. The Bertz CT molecular complexity index is 610. The fourth-order valence-corrected chi connectivity index (χ4v) is 3.31. The average Bonchev–Trinajstić information content (AvgIpc) is 3.27. The van der Waals surface area contributed by atoms with Crippen LogP contribution in [0.25, 0.3) is 11.4 Å². The van der Waals surface area contributed by atoms with Gasteiger partial charge in [-0.1, -0.05) is 0 Å². The molecular formula is C17H22N4O. The normalized spacial score (nSPS) is 22.2. The van der Waals surface area contributed by atoms with E-state index in [-0.39, 0.29) is 0 Å². The van der Waals surface area contributed by atoms with Crippen molar-refractivity contribution in [2.45, 2.75) is 31.6 Å². The highest BCUT2D eigenvalue weighted by Gasteiger charge is 2.21. The molecule has 116 valence electrons. The van der Waals surface area contributed by atoms with Crippen LogP contribution in [0.1, 0.15) is 37.4 Å². The summed E-state index contributed by atoms with van der Waals surface area (Å²) in [6.45, 7) is 3.92. The summed E-state index contributed by atoms with van der Waals surface area (Å²) >= 11 is 0.